The van der Waals surface area contributed by atoms with Gasteiger partial charge < -0.3 is 14.4 Å². The summed E-state index contributed by atoms with van der Waals surface area (Å²) >= 11 is 2.17. The van der Waals surface area contributed by atoms with E-state index in [9.17, 15) is 14.4 Å². The molecular weight excluding hydrogens is 523 g/mol. The minimum Gasteiger partial charge on any atom is -0.454 e. The van der Waals surface area contributed by atoms with E-state index in [2.05, 4.69) is 22.6 Å². The van der Waals surface area contributed by atoms with Crippen molar-refractivity contribution < 1.29 is 23.9 Å². The third kappa shape index (κ3) is 4.74. The maximum atomic E-state index is 13.4. The lowest BCUT2D eigenvalue weighted by Crippen LogP contribution is -2.46. The summed E-state index contributed by atoms with van der Waals surface area (Å²) in [6.07, 6.45) is 0.226. The fraction of sp³-hybridized carbons (Fsp3) is 0.375. The second kappa shape index (κ2) is 8.73. The summed E-state index contributed by atoms with van der Waals surface area (Å²) in [4.78, 5) is 42.2. The maximum Gasteiger partial charge on any atom is 0.257 e. The second-order valence-electron chi connectivity index (χ2n) is 9.21. The number of ether oxygens (including phenoxy) is 2. The normalized spacial score (nSPS) is 17.8. The summed E-state index contributed by atoms with van der Waals surface area (Å²) in [6, 6.07) is 11.8. The number of fused-ring (bicyclic) bond motifs is 1. The van der Waals surface area contributed by atoms with E-state index >= 15 is 0 Å². The number of carbonyl (C=O) groups excluding carboxylic acids is 3. The van der Waals surface area contributed by atoms with Gasteiger partial charge in [-0.3, -0.25) is 14.4 Å². The average molecular weight is 548 g/mol. The van der Waals surface area contributed by atoms with Crippen LogP contribution in [0.15, 0.2) is 42.5 Å². The van der Waals surface area contributed by atoms with Crippen LogP contribution in [0.2, 0.25) is 0 Å². The van der Waals surface area contributed by atoms with Crippen LogP contribution in [0.5, 0.6) is 11.5 Å². The molecule has 0 saturated carbocycles. The number of amides is 3. The van der Waals surface area contributed by atoms with Crippen LogP contribution in [0, 0.1) is 8.99 Å². The smallest absolute Gasteiger partial charge is 0.257 e. The molecular formula is C24H25IN2O5. The lowest BCUT2D eigenvalue weighted by atomic mass is 9.91. The molecule has 2 aliphatic heterocycles. The van der Waals surface area contributed by atoms with E-state index in [0.29, 0.717) is 17.2 Å². The first-order valence-electron chi connectivity index (χ1n) is 10.4. The summed E-state index contributed by atoms with van der Waals surface area (Å²) in [5.41, 5.74) is 1.07. The number of hydrogen-bond acceptors (Lipinski definition) is 5. The molecule has 168 valence electrons. The van der Waals surface area contributed by atoms with Gasteiger partial charge >= 0.3 is 0 Å². The van der Waals surface area contributed by atoms with Crippen LogP contribution in [-0.2, 0) is 20.9 Å². The molecule has 1 atom stereocenters. The van der Waals surface area contributed by atoms with E-state index in [1.54, 1.807) is 18.2 Å². The molecule has 1 saturated heterocycles. The number of carbonyl (C=O) groups is 3. The van der Waals surface area contributed by atoms with Crippen molar-refractivity contribution in [3.05, 3.63) is 51.6 Å². The molecule has 0 radical (unpaired) electrons. The predicted molar refractivity (Wildman–Crippen MR) is 127 cm³/mol. The van der Waals surface area contributed by atoms with Crippen molar-refractivity contribution in [3.63, 3.8) is 0 Å². The summed E-state index contributed by atoms with van der Waals surface area (Å²) in [7, 11) is 0. The Morgan fingerprint density at radius 3 is 2.47 bits per heavy atom. The van der Waals surface area contributed by atoms with Gasteiger partial charge in [0.15, 0.2) is 11.5 Å². The van der Waals surface area contributed by atoms with Crippen molar-refractivity contribution >= 4 is 46.0 Å². The van der Waals surface area contributed by atoms with Gasteiger partial charge in [0.05, 0.1) is 12.1 Å². The Morgan fingerprint density at radius 1 is 1.09 bits per heavy atom. The largest absolute Gasteiger partial charge is 0.454 e. The van der Waals surface area contributed by atoms with Gasteiger partial charge in [0.1, 0.15) is 6.04 Å². The molecule has 0 spiro atoms. The quantitative estimate of drug-likeness (QED) is 0.415. The highest BCUT2D eigenvalue weighted by molar-refractivity contribution is 14.1. The van der Waals surface area contributed by atoms with E-state index in [1.807, 2.05) is 45.0 Å². The monoisotopic (exact) mass is 548 g/mol. The Bertz CT molecular complexity index is 1060. The molecule has 4 rings (SSSR count). The van der Waals surface area contributed by atoms with Crippen molar-refractivity contribution in [2.45, 2.75) is 46.2 Å². The van der Waals surface area contributed by atoms with E-state index in [1.165, 1.54) is 9.80 Å². The summed E-state index contributed by atoms with van der Waals surface area (Å²) in [5.74, 6) is 0.420. The van der Waals surface area contributed by atoms with Gasteiger partial charge in [0.25, 0.3) is 5.91 Å². The minimum absolute atomic E-state index is 0.0365. The highest BCUT2D eigenvalue weighted by atomic mass is 127. The third-order valence-electron chi connectivity index (χ3n) is 5.38. The van der Waals surface area contributed by atoms with Gasteiger partial charge in [-0.25, -0.2) is 4.90 Å². The van der Waals surface area contributed by atoms with Gasteiger partial charge in [0, 0.05) is 16.5 Å². The molecule has 8 heteroatoms. The Labute approximate surface area is 200 Å². The van der Waals surface area contributed by atoms with E-state index in [4.69, 9.17) is 9.47 Å². The first-order valence-corrected chi connectivity index (χ1v) is 11.5. The average Bonchev–Trinajstić information content (AvgIpc) is 3.29. The number of nitrogens with zero attached hydrogens (tertiary/aromatic N) is 2. The van der Waals surface area contributed by atoms with Gasteiger partial charge in [-0.1, -0.05) is 26.8 Å². The zero-order valence-electron chi connectivity index (χ0n) is 18.3. The van der Waals surface area contributed by atoms with Crippen LogP contribution in [0.4, 0.5) is 5.69 Å². The molecule has 3 amide bonds. The van der Waals surface area contributed by atoms with Gasteiger partial charge in [-0.2, -0.15) is 0 Å². The highest BCUT2D eigenvalue weighted by Crippen LogP contribution is 2.34. The van der Waals surface area contributed by atoms with Crippen molar-refractivity contribution in [3.8, 4) is 11.5 Å². The number of halogens is 1. The topological polar surface area (TPSA) is 76.2 Å². The molecule has 0 bridgehead atoms. The SMILES string of the molecule is CC(C)(C)CC(=O)N(Cc1ccc2c(c1)OCO2)C1CC(=O)N(c2ccc(I)cc2)C1=O. The number of imide groups is 1. The second-order valence-corrected chi connectivity index (χ2v) is 10.5. The molecule has 2 aliphatic rings. The first kappa shape index (κ1) is 22.6. The molecule has 1 fully saturated rings. The Morgan fingerprint density at radius 2 is 1.78 bits per heavy atom. The number of rotatable bonds is 5. The molecule has 0 N–H and O–H groups in total. The molecule has 2 heterocycles. The van der Waals surface area contributed by atoms with Crippen LogP contribution >= 0.6 is 22.6 Å². The standard InChI is InChI=1S/C24H25IN2O5/c1-24(2,3)12-22(29)26(13-15-4-9-19-20(10-15)32-14-31-19)18-11-21(28)27(23(18)30)17-7-5-16(25)6-8-17/h4-10,18H,11-14H2,1-3H3. The zero-order valence-corrected chi connectivity index (χ0v) is 20.4. The maximum absolute atomic E-state index is 13.4. The molecule has 32 heavy (non-hydrogen) atoms. The van der Waals surface area contributed by atoms with E-state index in [-0.39, 0.29) is 49.3 Å². The van der Waals surface area contributed by atoms with Crippen molar-refractivity contribution in [1.82, 2.24) is 4.90 Å². The molecule has 2 aromatic carbocycles. The third-order valence-corrected chi connectivity index (χ3v) is 6.09. The highest BCUT2D eigenvalue weighted by Gasteiger charge is 2.44. The van der Waals surface area contributed by atoms with Gasteiger partial charge in [-0.05, 0) is 70.0 Å². The molecule has 0 aliphatic carbocycles. The van der Waals surface area contributed by atoms with Crippen molar-refractivity contribution in [2.24, 2.45) is 5.41 Å². The Balaban J connectivity index is 1.63. The number of hydrogen-bond donors (Lipinski definition) is 0. The van der Waals surface area contributed by atoms with Gasteiger partial charge in [-0.15, -0.1) is 0 Å². The van der Waals surface area contributed by atoms with Crippen LogP contribution in [0.1, 0.15) is 39.2 Å². The van der Waals surface area contributed by atoms with Crippen molar-refractivity contribution in [1.29, 1.82) is 0 Å². The van der Waals surface area contributed by atoms with Crippen LogP contribution in [0.25, 0.3) is 0 Å². The molecule has 0 aromatic heterocycles. The summed E-state index contributed by atoms with van der Waals surface area (Å²) < 4.78 is 11.8. The van der Waals surface area contributed by atoms with Crippen molar-refractivity contribution in [2.75, 3.05) is 11.7 Å². The molecule has 2 aromatic rings. The summed E-state index contributed by atoms with van der Waals surface area (Å²) in [6.45, 7) is 6.29. The first-order chi connectivity index (χ1) is 15.1. The van der Waals surface area contributed by atoms with Crippen LogP contribution in [0.3, 0.4) is 0 Å². The Hall–Kier alpha value is -2.62. The lowest BCUT2D eigenvalue weighted by molar-refractivity contribution is -0.140. The molecule has 7 nitrogen and oxygen atoms in total. The van der Waals surface area contributed by atoms with Crippen LogP contribution < -0.4 is 14.4 Å². The van der Waals surface area contributed by atoms with Crippen LogP contribution in [-0.4, -0.2) is 35.5 Å². The number of anilines is 1. The lowest BCUT2D eigenvalue weighted by Gasteiger charge is -2.30. The fourth-order valence-corrected chi connectivity index (χ4v) is 4.24. The molecule has 1 unspecified atom stereocenters. The summed E-state index contributed by atoms with van der Waals surface area (Å²) in [5, 5.41) is 0. The van der Waals surface area contributed by atoms with E-state index in [0.717, 1.165) is 9.13 Å². The van der Waals surface area contributed by atoms with Gasteiger partial charge in [0.2, 0.25) is 18.6 Å². The number of benzene rings is 2. The Kier molecular flexibility index (Phi) is 6.15. The minimum atomic E-state index is -0.845. The van der Waals surface area contributed by atoms with E-state index < -0.39 is 6.04 Å². The predicted octanol–water partition coefficient (Wildman–Crippen LogP) is 4.12. The fourth-order valence-electron chi connectivity index (χ4n) is 3.88. The zero-order chi connectivity index (χ0) is 23.0.